The Labute approximate surface area is 161 Å². The Bertz CT molecular complexity index is 933. The third-order valence-electron chi connectivity index (χ3n) is 4.44. The lowest BCUT2D eigenvalue weighted by Crippen LogP contribution is -2.29. The SMILES string of the molecule is Cc1cc(C(=O)NC(CCC(=O)O)c2ccccc2)c(C)n1-c1nccs1. The molecule has 2 heterocycles. The van der Waals surface area contributed by atoms with Crippen molar-refractivity contribution < 1.29 is 14.7 Å². The Hall–Kier alpha value is -2.93. The summed E-state index contributed by atoms with van der Waals surface area (Å²) in [6.45, 7) is 3.82. The molecule has 0 radical (unpaired) electrons. The maximum atomic E-state index is 12.9. The second kappa shape index (κ2) is 8.18. The van der Waals surface area contributed by atoms with E-state index in [-0.39, 0.29) is 18.4 Å². The van der Waals surface area contributed by atoms with Gasteiger partial charge in [0.05, 0.1) is 11.6 Å². The minimum Gasteiger partial charge on any atom is -0.481 e. The molecule has 1 amide bonds. The van der Waals surface area contributed by atoms with Gasteiger partial charge in [-0.2, -0.15) is 0 Å². The smallest absolute Gasteiger partial charge is 0.303 e. The summed E-state index contributed by atoms with van der Waals surface area (Å²) in [4.78, 5) is 28.3. The van der Waals surface area contributed by atoms with Crippen LogP contribution in [0, 0.1) is 13.8 Å². The Kier molecular flexibility index (Phi) is 5.71. The van der Waals surface area contributed by atoms with Crippen molar-refractivity contribution in [3.05, 3.63) is 70.5 Å². The van der Waals surface area contributed by atoms with Crippen LogP contribution in [0.1, 0.15) is 46.2 Å². The zero-order chi connectivity index (χ0) is 19.4. The van der Waals surface area contributed by atoms with E-state index in [4.69, 9.17) is 5.11 Å². The molecule has 0 aliphatic rings. The van der Waals surface area contributed by atoms with Crippen LogP contribution in [0.25, 0.3) is 5.13 Å². The van der Waals surface area contributed by atoms with Crippen LogP contribution in [0.4, 0.5) is 0 Å². The van der Waals surface area contributed by atoms with Crippen molar-refractivity contribution in [3.8, 4) is 5.13 Å². The number of carboxylic acids is 1. The number of benzene rings is 1. The fourth-order valence-electron chi connectivity index (χ4n) is 3.12. The summed E-state index contributed by atoms with van der Waals surface area (Å²) in [6, 6.07) is 10.9. The highest BCUT2D eigenvalue weighted by Gasteiger charge is 2.21. The van der Waals surface area contributed by atoms with Crippen LogP contribution in [-0.4, -0.2) is 26.5 Å². The maximum Gasteiger partial charge on any atom is 0.303 e. The molecule has 2 aromatic heterocycles. The van der Waals surface area contributed by atoms with Gasteiger partial charge in [-0.3, -0.25) is 14.2 Å². The van der Waals surface area contributed by atoms with Crippen molar-refractivity contribution in [2.24, 2.45) is 0 Å². The molecule has 3 aromatic rings. The second-order valence-electron chi connectivity index (χ2n) is 6.30. The Morgan fingerprint density at radius 3 is 2.63 bits per heavy atom. The first-order valence-electron chi connectivity index (χ1n) is 8.63. The molecule has 0 aliphatic carbocycles. The van der Waals surface area contributed by atoms with E-state index >= 15 is 0 Å². The van der Waals surface area contributed by atoms with Crippen LogP contribution in [-0.2, 0) is 4.79 Å². The van der Waals surface area contributed by atoms with Gasteiger partial charge in [0.15, 0.2) is 5.13 Å². The molecule has 0 saturated heterocycles. The van der Waals surface area contributed by atoms with Gasteiger partial charge >= 0.3 is 5.97 Å². The molecule has 3 rings (SSSR count). The van der Waals surface area contributed by atoms with E-state index in [0.29, 0.717) is 12.0 Å². The lowest BCUT2D eigenvalue weighted by molar-refractivity contribution is -0.137. The number of aliphatic carboxylic acids is 1. The van der Waals surface area contributed by atoms with Gasteiger partial charge < -0.3 is 10.4 Å². The summed E-state index contributed by atoms with van der Waals surface area (Å²) >= 11 is 1.51. The fourth-order valence-corrected chi connectivity index (χ4v) is 3.88. The van der Waals surface area contributed by atoms with Crippen LogP contribution in [0.3, 0.4) is 0 Å². The number of hydrogen-bond acceptors (Lipinski definition) is 4. The molecule has 2 N–H and O–H groups in total. The quantitative estimate of drug-likeness (QED) is 0.648. The number of rotatable bonds is 7. The van der Waals surface area contributed by atoms with Crippen LogP contribution in [0.15, 0.2) is 48.0 Å². The van der Waals surface area contributed by atoms with Gasteiger partial charge in [-0.15, -0.1) is 11.3 Å². The molecule has 6 nitrogen and oxygen atoms in total. The zero-order valence-electron chi connectivity index (χ0n) is 15.2. The van der Waals surface area contributed by atoms with Crippen LogP contribution >= 0.6 is 11.3 Å². The van der Waals surface area contributed by atoms with Gasteiger partial charge in [-0.25, -0.2) is 4.98 Å². The number of amides is 1. The number of thiazole rings is 1. The Balaban J connectivity index is 1.86. The lowest BCUT2D eigenvalue weighted by Gasteiger charge is -2.18. The van der Waals surface area contributed by atoms with Crippen molar-refractivity contribution in [3.63, 3.8) is 0 Å². The summed E-state index contributed by atoms with van der Waals surface area (Å²) in [6.07, 6.45) is 2.05. The first kappa shape index (κ1) is 18.8. The number of nitrogens with one attached hydrogen (secondary N) is 1. The number of carbonyl (C=O) groups is 2. The summed E-state index contributed by atoms with van der Waals surface area (Å²) in [7, 11) is 0. The van der Waals surface area contributed by atoms with E-state index < -0.39 is 5.97 Å². The average Bonchev–Trinajstić information content (AvgIpc) is 3.26. The van der Waals surface area contributed by atoms with E-state index in [2.05, 4.69) is 10.3 Å². The molecule has 140 valence electrons. The van der Waals surface area contributed by atoms with Gasteiger partial charge in [0.25, 0.3) is 5.91 Å². The molecule has 0 spiro atoms. The van der Waals surface area contributed by atoms with Crippen molar-refractivity contribution in [1.29, 1.82) is 0 Å². The van der Waals surface area contributed by atoms with Gasteiger partial charge in [0.2, 0.25) is 0 Å². The van der Waals surface area contributed by atoms with Crippen molar-refractivity contribution >= 4 is 23.2 Å². The number of carbonyl (C=O) groups excluding carboxylic acids is 1. The van der Waals surface area contributed by atoms with Gasteiger partial charge in [-0.05, 0) is 31.9 Å². The number of carboxylic acid groups (broad SMARTS) is 1. The normalized spacial score (nSPS) is 11.9. The third-order valence-corrected chi connectivity index (χ3v) is 5.20. The number of aryl methyl sites for hydroxylation is 1. The van der Waals surface area contributed by atoms with Crippen LogP contribution in [0.5, 0.6) is 0 Å². The lowest BCUT2D eigenvalue weighted by atomic mass is 10.0. The molecule has 27 heavy (non-hydrogen) atoms. The predicted molar refractivity (Wildman–Crippen MR) is 104 cm³/mol. The average molecular weight is 383 g/mol. The van der Waals surface area contributed by atoms with Gasteiger partial charge in [0.1, 0.15) is 0 Å². The molecule has 0 bridgehead atoms. The first-order valence-corrected chi connectivity index (χ1v) is 9.51. The van der Waals surface area contributed by atoms with E-state index in [1.807, 2.05) is 60.2 Å². The molecule has 7 heteroatoms. The number of hydrogen-bond donors (Lipinski definition) is 2. The number of nitrogens with zero attached hydrogens (tertiary/aromatic N) is 2. The molecule has 1 atom stereocenters. The highest BCUT2D eigenvalue weighted by atomic mass is 32.1. The first-order chi connectivity index (χ1) is 13.0. The van der Waals surface area contributed by atoms with E-state index in [1.54, 1.807) is 6.20 Å². The highest BCUT2D eigenvalue weighted by molar-refractivity contribution is 7.12. The molecule has 0 fully saturated rings. The summed E-state index contributed by atoms with van der Waals surface area (Å²) < 4.78 is 1.95. The molecular formula is C20H21N3O3S. The molecule has 1 unspecified atom stereocenters. The van der Waals surface area contributed by atoms with E-state index in [9.17, 15) is 9.59 Å². The standard InChI is InChI=1S/C20H21N3O3S/c1-13-12-16(14(2)23(13)20-21-10-11-27-20)19(26)22-17(8-9-18(24)25)15-6-4-3-5-7-15/h3-7,10-12,17H,8-9H2,1-2H3,(H,22,26)(H,24,25). The van der Waals surface area contributed by atoms with Crippen molar-refractivity contribution in [2.45, 2.75) is 32.7 Å². The molecular weight excluding hydrogens is 362 g/mol. The minimum atomic E-state index is -0.882. The van der Waals surface area contributed by atoms with Gasteiger partial charge in [0, 0.05) is 29.4 Å². The molecule has 0 aliphatic heterocycles. The van der Waals surface area contributed by atoms with Crippen LogP contribution < -0.4 is 5.32 Å². The Morgan fingerprint density at radius 1 is 1.26 bits per heavy atom. The van der Waals surface area contributed by atoms with E-state index in [1.165, 1.54) is 11.3 Å². The summed E-state index contributed by atoms with van der Waals surface area (Å²) in [5.74, 6) is -1.10. The summed E-state index contributed by atoms with van der Waals surface area (Å²) in [5.41, 5.74) is 3.19. The van der Waals surface area contributed by atoms with Crippen LogP contribution in [0.2, 0.25) is 0 Å². The van der Waals surface area contributed by atoms with Crippen molar-refractivity contribution in [1.82, 2.24) is 14.9 Å². The fraction of sp³-hybridized carbons (Fsp3) is 0.250. The monoisotopic (exact) mass is 383 g/mol. The highest BCUT2D eigenvalue weighted by Crippen LogP contribution is 2.24. The van der Waals surface area contributed by atoms with E-state index in [0.717, 1.165) is 22.1 Å². The molecule has 1 aromatic carbocycles. The van der Waals surface area contributed by atoms with Gasteiger partial charge in [-0.1, -0.05) is 30.3 Å². The molecule has 0 saturated carbocycles. The second-order valence-corrected chi connectivity index (χ2v) is 7.18. The Morgan fingerprint density at radius 2 is 2.00 bits per heavy atom. The predicted octanol–water partition coefficient (Wildman–Crippen LogP) is 3.89. The zero-order valence-corrected chi connectivity index (χ0v) is 16.0. The maximum absolute atomic E-state index is 12.9. The number of aromatic nitrogens is 2. The van der Waals surface area contributed by atoms with Crippen molar-refractivity contribution in [2.75, 3.05) is 0 Å². The topological polar surface area (TPSA) is 84.2 Å². The third kappa shape index (κ3) is 4.25. The minimum absolute atomic E-state index is 0.0159. The largest absolute Gasteiger partial charge is 0.481 e. The summed E-state index contributed by atoms with van der Waals surface area (Å²) in [5, 5.41) is 14.7.